The Bertz CT molecular complexity index is 416. The molecule has 1 aromatic carbocycles. The highest BCUT2D eigenvalue weighted by Crippen LogP contribution is 2.20. The van der Waals surface area contributed by atoms with E-state index in [0.717, 1.165) is 21.8 Å². The number of nitrogens with one attached hydrogen (secondary N) is 1. The van der Waals surface area contributed by atoms with Gasteiger partial charge in [-0.25, -0.2) is 0 Å². The highest BCUT2D eigenvalue weighted by atomic mass is 79.9. The smallest absolute Gasteiger partial charge is 0.252 e. The van der Waals surface area contributed by atoms with E-state index in [2.05, 4.69) is 37.2 Å². The van der Waals surface area contributed by atoms with Crippen LogP contribution in [0.1, 0.15) is 36.2 Å². The number of hydrogen-bond donors (Lipinski definition) is 1. The second-order valence-electron chi connectivity index (χ2n) is 4.76. The Balaban J connectivity index is 2.83. The first-order valence-electron chi connectivity index (χ1n) is 5.50. The van der Waals surface area contributed by atoms with Crippen molar-refractivity contribution in [3.05, 3.63) is 33.8 Å². The molecule has 1 amide bonds. The molecule has 2 nitrogen and oxygen atoms in total. The number of hydrogen-bond acceptors (Lipinski definition) is 1. The Morgan fingerprint density at radius 2 is 2.06 bits per heavy atom. The number of benzene rings is 1. The average molecular weight is 363 g/mol. The van der Waals surface area contributed by atoms with Gasteiger partial charge in [0, 0.05) is 15.3 Å². The summed E-state index contributed by atoms with van der Waals surface area (Å²) in [7, 11) is 0. The van der Waals surface area contributed by atoms with E-state index in [1.165, 1.54) is 0 Å². The first kappa shape index (κ1) is 14.7. The van der Waals surface area contributed by atoms with Gasteiger partial charge in [-0.1, -0.05) is 22.0 Å². The van der Waals surface area contributed by atoms with E-state index in [1.807, 2.05) is 39.0 Å². The van der Waals surface area contributed by atoms with E-state index in [9.17, 15) is 4.79 Å². The molecule has 1 aromatic rings. The average Bonchev–Trinajstić information content (AvgIpc) is 2.15. The van der Waals surface area contributed by atoms with Crippen LogP contribution in [0.5, 0.6) is 0 Å². The first-order valence-corrected chi connectivity index (χ1v) is 7.42. The second-order valence-corrected chi connectivity index (χ2v) is 6.41. The highest BCUT2D eigenvalue weighted by Gasteiger charge is 2.21. The summed E-state index contributed by atoms with van der Waals surface area (Å²) in [6.07, 6.45) is 0.891. The van der Waals surface area contributed by atoms with Crippen LogP contribution < -0.4 is 5.32 Å². The van der Waals surface area contributed by atoms with Crippen molar-refractivity contribution in [1.82, 2.24) is 5.32 Å². The lowest BCUT2D eigenvalue weighted by molar-refractivity contribution is 0.0911. The summed E-state index contributed by atoms with van der Waals surface area (Å²) < 4.78 is 0.838. The molecule has 17 heavy (non-hydrogen) atoms. The summed E-state index contributed by atoms with van der Waals surface area (Å²) in [6, 6.07) is 5.74. The van der Waals surface area contributed by atoms with Gasteiger partial charge in [0.05, 0.1) is 5.56 Å². The largest absolute Gasteiger partial charge is 0.347 e. The Kier molecular flexibility index (Phi) is 5.20. The van der Waals surface area contributed by atoms with E-state index >= 15 is 0 Å². The number of rotatable bonds is 4. The van der Waals surface area contributed by atoms with E-state index in [-0.39, 0.29) is 11.4 Å². The molecule has 0 aliphatic rings. The van der Waals surface area contributed by atoms with Crippen LogP contribution in [0.4, 0.5) is 0 Å². The van der Waals surface area contributed by atoms with Crippen LogP contribution >= 0.6 is 31.9 Å². The summed E-state index contributed by atoms with van der Waals surface area (Å²) in [5, 5.41) is 3.91. The number of carbonyl (C=O) groups excluding carboxylic acids is 1. The second kappa shape index (κ2) is 6.01. The molecule has 1 N–H and O–H groups in total. The molecule has 0 aliphatic carbocycles. The predicted molar refractivity (Wildman–Crippen MR) is 78.8 cm³/mol. The molecule has 0 spiro atoms. The Hall–Kier alpha value is -0.350. The lowest BCUT2D eigenvalue weighted by Gasteiger charge is -2.25. The van der Waals surface area contributed by atoms with Gasteiger partial charge in [-0.3, -0.25) is 4.79 Å². The van der Waals surface area contributed by atoms with Crippen molar-refractivity contribution in [3.8, 4) is 0 Å². The maximum Gasteiger partial charge on any atom is 0.252 e. The van der Waals surface area contributed by atoms with E-state index in [0.29, 0.717) is 5.56 Å². The molecule has 0 bridgehead atoms. The maximum atomic E-state index is 12.1. The summed E-state index contributed by atoms with van der Waals surface area (Å²) in [5.74, 6) is -0.0391. The topological polar surface area (TPSA) is 29.1 Å². The van der Waals surface area contributed by atoms with Crippen LogP contribution in [-0.4, -0.2) is 16.8 Å². The van der Waals surface area contributed by atoms with E-state index in [4.69, 9.17) is 0 Å². The summed E-state index contributed by atoms with van der Waals surface area (Å²) in [4.78, 5) is 12.1. The first-order chi connectivity index (χ1) is 7.85. The summed E-state index contributed by atoms with van der Waals surface area (Å²) in [6.45, 7) is 6.05. The number of amides is 1. The summed E-state index contributed by atoms with van der Waals surface area (Å²) in [5.41, 5.74) is 1.61. The number of halogens is 2. The van der Waals surface area contributed by atoms with Crippen molar-refractivity contribution in [1.29, 1.82) is 0 Å². The zero-order chi connectivity index (χ0) is 13.1. The number of carbonyl (C=O) groups is 1. The molecular weight excluding hydrogens is 346 g/mol. The minimum Gasteiger partial charge on any atom is -0.347 e. The quantitative estimate of drug-likeness (QED) is 0.804. The van der Waals surface area contributed by atoms with Crippen molar-refractivity contribution < 1.29 is 4.79 Å². The third-order valence-electron chi connectivity index (χ3n) is 2.54. The van der Waals surface area contributed by atoms with Gasteiger partial charge in [0.25, 0.3) is 5.91 Å². The zero-order valence-electron chi connectivity index (χ0n) is 10.3. The molecule has 0 heterocycles. The van der Waals surface area contributed by atoms with Gasteiger partial charge in [0.15, 0.2) is 0 Å². The Morgan fingerprint density at radius 1 is 1.41 bits per heavy atom. The predicted octanol–water partition coefficient (Wildman–Crippen LogP) is 4.05. The normalized spacial score (nSPS) is 11.4. The van der Waals surface area contributed by atoms with Gasteiger partial charge in [0.2, 0.25) is 0 Å². The highest BCUT2D eigenvalue weighted by molar-refractivity contribution is 9.10. The van der Waals surface area contributed by atoms with Crippen molar-refractivity contribution in [3.63, 3.8) is 0 Å². The van der Waals surface area contributed by atoms with Crippen LogP contribution in [0, 0.1) is 6.92 Å². The Labute approximate surface area is 119 Å². The number of aryl methyl sites for hydroxylation is 1. The molecule has 0 unspecified atom stereocenters. The fourth-order valence-corrected chi connectivity index (χ4v) is 3.14. The SMILES string of the molecule is Cc1ccc(C(=O)NC(C)(C)CCBr)c(Br)c1. The molecule has 4 heteroatoms. The van der Waals surface area contributed by atoms with Crippen LogP contribution in [0.3, 0.4) is 0 Å². The van der Waals surface area contributed by atoms with Crippen LogP contribution in [0.15, 0.2) is 22.7 Å². The van der Waals surface area contributed by atoms with Gasteiger partial charge >= 0.3 is 0 Å². The molecule has 0 atom stereocenters. The fraction of sp³-hybridized carbons (Fsp3) is 0.462. The van der Waals surface area contributed by atoms with E-state index in [1.54, 1.807) is 0 Å². The molecule has 1 rings (SSSR count). The van der Waals surface area contributed by atoms with Gasteiger partial charge in [0.1, 0.15) is 0 Å². The fourth-order valence-electron chi connectivity index (χ4n) is 1.48. The molecule has 0 aliphatic heterocycles. The lowest BCUT2D eigenvalue weighted by atomic mass is 10.0. The Morgan fingerprint density at radius 3 is 2.59 bits per heavy atom. The lowest BCUT2D eigenvalue weighted by Crippen LogP contribution is -2.43. The van der Waals surface area contributed by atoms with Crippen molar-refractivity contribution in [2.24, 2.45) is 0 Å². The molecular formula is C13H17Br2NO. The summed E-state index contributed by atoms with van der Waals surface area (Å²) >= 11 is 6.82. The van der Waals surface area contributed by atoms with Crippen LogP contribution in [-0.2, 0) is 0 Å². The standard InChI is InChI=1S/C13H17Br2NO/c1-9-4-5-10(11(15)8-9)12(17)16-13(2,3)6-7-14/h4-5,8H,6-7H2,1-3H3,(H,16,17). The monoisotopic (exact) mass is 361 g/mol. The van der Waals surface area contributed by atoms with Crippen molar-refractivity contribution in [2.45, 2.75) is 32.7 Å². The molecule has 0 saturated carbocycles. The van der Waals surface area contributed by atoms with Gasteiger partial charge in [-0.15, -0.1) is 0 Å². The molecule has 0 radical (unpaired) electrons. The van der Waals surface area contributed by atoms with Gasteiger partial charge in [-0.2, -0.15) is 0 Å². The molecule has 0 aromatic heterocycles. The minimum atomic E-state index is -0.203. The maximum absolute atomic E-state index is 12.1. The molecule has 0 saturated heterocycles. The van der Waals surface area contributed by atoms with Gasteiger partial charge < -0.3 is 5.32 Å². The molecule has 94 valence electrons. The van der Waals surface area contributed by atoms with Crippen LogP contribution in [0.2, 0.25) is 0 Å². The number of alkyl halides is 1. The van der Waals surface area contributed by atoms with Crippen LogP contribution in [0.25, 0.3) is 0 Å². The third kappa shape index (κ3) is 4.43. The van der Waals surface area contributed by atoms with Crippen molar-refractivity contribution in [2.75, 3.05) is 5.33 Å². The van der Waals surface area contributed by atoms with Crippen molar-refractivity contribution >= 4 is 37.8 Å². The third-order valence-corrected chi connectivity index (χ3v) is 3.59. The minimum absolute atomic E-state index is 0.0391. The zero-order valence-corrected chi connectivity index (χ0v) is 13.5. The van der Waals surface area contributed by atoms with E-state index < -0.39 is 0 Å². The van der Waals surface area contributed by atoms with Gasteiger partial charge in [-0.05, 0) is 60.8 Å². The molecule has 0 fully saturated rings.